The Morgan fingerprint density at radius 3 is 2.94 bits per heavy atom. The van der Waals surface area contributed by atoms with E-state index in [0.29, 0.717) is 6.42 Å². The Balaban J connectivity index is 2.33. The molecule has 1 aromatic carbocycles. The molecule has 0 spiro atoms. The molecule has 2 aromatic rings. The molecule has 0 amide bonds. The highest BCUT2D eigenvalue weighted by Crippen LogP contribution is 2.17. The molecule has 1 aromatic heterocycles. The highest BCUT2D eigenvalue weighted by atomic mass is 16.5. The largest absolute Gasteiger partial charge is 0.468 e. The van der Waals surface area contributed by atoms with Crippen molar-refractivity contribution in [3.63, 3.8) is 0 Å². The maximum Gasteiger partial charge on any atom is 0.323 e. The van der Waals surface area contributed by atoms with E-state index >= 15 is 0 Å². The first kappa shape index (κ1) is 11.5. The van der Waals surface area contributed by atoms with Gasteiger partial charge in [0, 0.05) is 18.0 Å². The van der Waals surface area contributed by atoms with Gasteiger partial charge in [-0.05, 0) is 11.5 Å². The first-order chi connectivity index (χ1) is 8.22. The van der Waals surface area contributed by atoms with Crippen molar-refractivity contribution in [2.75, 3.05) is 7.11 Å². The molecule has 88 valence electrons. The lowest BCUT2D eigenvalue weighted by molar-refractivity contribution is -0.142. The van der Waals surface area contributed by atoms with Gasteiger partial charge in [-0.3, -0.25) is 9.78 Å². The Bertz CT molecular complexity index is 534. The molecule has 1 atom stereocenters. The van der Waals surface area contributed by atoms with Crippen molar-refractivity contribution >= 4 is 16.7 Å². The summed E-state index contributed by atoms with van der Waals surface area (Å²) in [5, 5.41) is 2.11. The number of nitrogens with two attached hydrogens (primary N) is 1. The molecular formula is C13H14N2O2. The van der Waals surface area contributed by atoms with Gasteiger partial charge in [0.25, 0.3) is 0 Å². The molecule has 0 radical (unpaired) electrons. The Hall–Kier alpha value is -1.94. The fraction of sp³-hybridized carbons (Fsp3) is 0.231. The number of methoxy groups -OCH3 is 1. The standard InChI is InChI=1S/C13H14N2O2/c1-17-13(16)11(14)8-12-10-5-3-2-4-9(10)6-7-15-12/h2-7,11H,8,14H2,1H3. The maximum absolute atomic E-state index is 11.3. The predicted octanol–water partition coefficient (Wildman–Crippen LogP) is 1.28. The molecule has 0 aliphatic carbocycles. The summed E-state index contributed by atoms with van der Waals surface area (Å²) in [5.41, 5.74) is 6.56. The van der Waals surface area contributed by atoms with E-state index in [2.05, 4.69) is 9.72 Å². The number of ether oxygens (including phenoxy) is 1. The van der Waals surface area contributed by atoms with E-state index in [1.165, 1.54) is 7.11 Å². The highest BCUT2D eigenvalue weighted by molar-refractivity contribution is 5.85. The average molecular weight is 230 g/mol. The number of pyridine rings is 1. The second kappa shape index (κ2) is 4.93. The van der Waals surface area contributed by atoms with Crippen LogP contribution in [0.2, 0.25) is 0 Å². The maximum atomic E-state index is 11.3. The number of hydrogen-bond acceptors (Lipinski definition) is 4. The summed E-state index contributed by atoms with van der Waals surface area (Å²) in [6.07, 6.45) is 2.11. The first-order valence-corrected chi connectivity index (χ1v) is 5.38. The zero-order valence-corrected chi connectivity index (χ0v) is 9.59. The summed E-state index contributed by atoms with van der Waals surface area (Å²) < 4.78 is 4.60. The van der Waals surface area contributed by atoms with Gasteiger partial charge in [0.15, 0.2) is 0 Å². The molecule has 4 heteroatoms. The smallest absolute Gasteiger partial charge is 0.323 e. The van der Waals surface area contributed by atoms with E-state index in [1.54, 1.807) is 6.20 Å². The van der Waals surface area contributed by atoms with Gasteiger partial charge in [-0.15, -0.1) is 0 Å². The number of rotatable bonds is 3. The summed E-state index contributed by atoms with van der Waals surface area (Å²) in [6.45, 7) is 0. The zero-order valence-electron chi connectivity index (χ0n) is 9.59. The second-order valence-electron chi connectivity index (χ2n) is 3.81. The molecule has 1 heterocycles. The van der Waals surface area contributed by atoms with Crippen molar-refractivity contribution in [1.82, 2.24) is 4.98 Å². The van der Waals surface area contributed by atoms with E-state index in [1.807, 2.05) is 30.3 Å². The normalized spacial score (nSPS) is 12.4. The molecule has 2 rings (SSSR count). The summed E-state index contributed by atoms with van der Waals surface area (Å²) in [4.78, 5) is 15.6. The third-order valence-electron chi connectivity index (χ3n) is 2.67. The van der Waals surface area contributed by atoms with Crippen molar-refractivity contribution in [1.29, 1.82) is 0 Å². The van der Waals surface area contributed by atoms with Crippen LogP contribution >= 0.6 is 0 Å². The van der Waals surface area contributed by atoms with Gasteiger partial charge in [0.1, 0.15) is 6.04 Å². The predicted molar refractivity (Wildman–Crippen MR) is 65.4 cm³/mol. The minimum atomic E-state index is -0.668. The molecule has 0 saturated heterocycles. The van der Waals surface area contributed by atoms with Gasteiger partial charge in [0.2, 0.25) is 0 Å². The Morgan fingerprint density at radius 1 is 1.41 bits per heavy atom. The van der Waals surface area contributed by atoms with Gasteiger partial charge in [-0.1, -0.05) is 24.3 Å². The molecule has 0 saturated carbocycles. The van der Waals surface area contributed by atoms with Crippen LogP contribution in [-0.2, 0) is 16.0 Å². The number of nitrogens with zero attached hydrogens (tertiary/aromatic N) is 1. The molecule has 0 bridgehead atoms. The van der Waals surface area contributed by atoms with E-state index < -0.39 is 12.0 Å². The number of fused-ring (bicyclic) bond motifs is 1. The average Bonchev–Trinajstić information content (AvgIpc) is 2.38. The van der Waals surface area contributed by atoms with Gasteiger partial charge in [0.05, 0.1) is 12.8 Å². The topological polar surface area (TPSA) is 65.2 Å². The van der Waals surface area contributed by atoms with Crippen molar-refractivity contribution in [2.24, 2.45) is 5.73 Å². The number of hydrogen-bond donors (Lipinski definition) is 1. The minimum absolute atomic E-state index is 0.383. The van der Waals surface area contributed by atoms with Gasteiger partial charge < -0.3 is 10.5 Å². The number of aromatic nitrogens is 1. The monoisotopic (exact) mass is 230 g/mol. The Kier molecular flexibility index (Phi) is 3.35. The van der Waals surface area contributed by atoms with Crippen LogP contribution < -0.4 is 5.73 Å². The first-order valence-electron chi connectivity index (χ1n) is 5.38. The van der Waals surface area contributed by atoms with Crippen molar-refractivity contribution in [2.45, 2.75) is 12.5 Å². The number of carbonyl (C=O) groups is 1. The molecule has 4 nitrogen and oxygen atoms in total. The molecule has 2 N–H and O–H groups in total. The lowest BCUT2D eigenvalue weighted by Gasteiger charge is -2.10. The van der Waals surface area contributed by atoms with Gasteiger partial charge in [-0.25, -0.2) is 0 Å². The lowest BCUT2D eigenvalue weighted by Crippen LogP contribution is -2.33. The quantitative estimate of drug-likeness (QED) is 0.807. The zero-order chi connectivity index (χ0) is 12.3. The van der Waals surface area contributed by atoms with Crippen LogP contribution in [0, 0.1) is 0 Å². The van der Waals surface area contributed by atoms with Crippen LogP contribution in [0.4, 0.5) is 0 Å². The molecule has 0 aliphatic rings. The Labute approximate surface area is 99.4 Å². The second-order valence-corrected chi connectivity index (χ2v) is 3.81. The van der Waals surface area contributed by atoms with Crippen LogP contribution in [0.5, 0.6) is 0 Å². The van der Waals surface area contributed by atoms with Crippen LogP contribution in [-0.4, -0.2) is 24.1 Å². The van der Waals surface area contributed by atoms with Crippen LogP contribution in [0.25, 0.3) is 10.8 Å². The summed E-state index contributed by atoms with van der Waals surface area (Å²) >= 11 is 0. The highest BCUT2D eigenvalue weighted by Gasteiger charge is 2.16. The fourth-order valence-corrected chi connectivity index (χ4v) is 1.79. The van der Waals surface area contributed by atoms with Gasteiger partial charge in [-0.2, -0.15) is 0 Å². The fourth-order valence-electron chi connectivity index (χ4n) is 1.79. The van der Waals surface area contributed by atoms with E-state index in [-0.39, 0.29) is 0 Å². The van der Waals surface area contributed by atoms with Crippen LogP contribution in [0.15, 0.2) is 36.5 Å². The molecule has 1 unspecified atom stereocenters. The van der Waals surface area contributed by atoms with Crippen molar-refractivity contribution in [3.8, 4) is 0 Å². The lowest BCUT2D eigenvalue weighted by atomic mass is 10.0. The van der Waals surface area contributed by atoms with Crippen molar-refractivity contribution < 1.29 is 9.53 Å². The molecule has 17 heavy (non-hydrogen) atoms. The molecule has 0 fully saturated rings. The summed E-state index contributed by atoms with van der Waals surface area (Å²) in [5.74, 6) is -0.417. The minimum Gasteiger partial charge on any atom is -0.468 e. The Morgan fingerprint density at radius 2 is 2.18 bits per heavy atom. The number of carbonyl (C=O) groups excluding carboxylic acids is 1. The molecule has 0 aliphatic heterocycles. The van der Waals surface area contributed by atoms with Crippen molar-refractivity contribution in [3.05, 3.63) is 42.2 Å². The molecular weight excluding hydrogens is 216 g/mol. The van der Waals surface area contributed by atoms with E-state index in [0.717, 1.165) is 16.5 Å². The SMILES string of the molecule is COC(=O)C(N)Cc1nccc2ccccc12. The third kappa shape index (κ3) is 2.42. The third-order valence-corrected chi connectivity index (χ3v) is 2.67. The number of esters is 1. The summed E-state index contributed by atoms with van der Waals surface area (Å²) in [7, 11) is 1.33. The summed E-state index contributed by atoms with van der Waals surface area (Å²) in [6, 6.07) is 9.15. The van der Waals surface area contributed by atoms with Crippen LogP contribution in [0.3, 0.4) is 0 Å². The van der Waals surface area contributed by atoms with E-state index in [9.17, 15) is 4.79 Å². The number of benzene rings is 1. The van der Waals surface area contributed by atoms with Crippen LogP contribution in [0.1, 0.15) is 5.69 Å². The van der Waals surface area contributed by atoms with E-state index in [4.69, 9.17) is 5.73 Å². The van der Waals surface area contributed by atoms with Gasteiger partial charge >= 0.3 is 5.97 Å².